The first-order valence-electron chi connectivity index (χ1n) is 7.94. The molecule has 9 nitrogen and oxygen atoms in total. The van der Waals surface area contributed by atoms with E-state index in [9.17, 15) is 23.3 Å². The second-order valence-corrected chi connectivity index (χ2v) is 7.20. The number of sulfonamides is 1. The molecular weight excluding hydrogens is 374 g/mol. The average Bonchev–Trinajstić information content (AvgIpc) is 2.63. The lowest BCUT2D eigenvalue weighted by Gasteiger charge is -2.09. The Hall–Kier alpha value is -2.98. The van der Waals surface area contributed by atoms with Crippen LogP contribution in [0.5, 0.6) is 0 Å². The molecule has 2 aromatic rings. The summed E-state index contributed by atoms with van der Waals surface area (Å²) in [6, 6.07) is 11.3. The first-order chi connectivity index (χ1) is 12.8. The molecule has 27 heavy (non-hydrogen) atoms. The molecule has 0 atom stereocenters. The van der Waals surface area contributed by atoms with Crippen LogP contribution >= 0.6 is 0 Å². The molecule has 0 aliphatic carbocycles. The van der Waals surface area contributed by atoms with E-state index >= 15 is 0 Å². The summed E-state index contributed by atoms with van der Waals surface area (Å²) in [7, 11) is -2.59. The van der Waals surface area contributed by atoms with Crippen molar-refractivity contribution >= 4 is 27.3 Å². The number of nitro benzene ring substituents is 1. The van der Waals surface area contributed by atoms with E-state index in [-0.39, 0.29) is 18.0 Å². The van der Waals surface area contributed by atoms with Crippen LogP contribution < -0.4 is 10.0 Å². The molecule has 0 fully saturated rings. The van der Waals surface area contributed by atoms with Gasteiger partial charge in [0, 0.05) is 25.4 Å². The molecule has 144 valence electrons. The zero-order valence-corrected chi connectivity index (χ0v) is 15.4. The van der Waals surface area contributed by atoms with Crippen molar-refractivity contribution in [3.63, 3.8) is 0 Å². The van der Waals surface area contributed by atoms with E-state index in [4.69, 9.17) is 4.74 Å². The van der Waals surface area contributed by atoms with E-state index in [1.54, 1.807) is 12.1 Å². The lowest BCUT2D eigenvalue weighted by molar-refractivity contribution is -0.387. The Morgan fingerprint density at radius 3 is 2.44 bits per heavy atom. The first kappa shape index (κ1) is 20.3. The number of benzene rings is 2. The molecule has 0 aromatic heterocycles. The molecule has 0 aliphatic rings. The number of ether oxygens (including phenoxy) is 1. The number of nitrogens with zero attached hydrogens (tertiary/aromatic N) is 1. The van der Waals surface area contributed by atoms with Gasteiger partial charge in [-0.15, -0.1) is 0 Å². The van der Waals surface area contributed by atoms with Crippen LogP contribution in [-0.2, 0) is 26.0 Å². The molecule has 0 radical (unpaired) electrons. The zero-order valence-electron chi connectivity index (χ0n) is 14.5. The highest BCUT2D eigenvalue weighted by Crippen LogP contribution is 2.25. The van der Waals surface area contributed by atoms with Gasteiger partial charge in [0.2, 0.25) is 5.91 Å². The van der Waals surface area contributed by atoms with Crippen LogP contribution in [0.1, 0.15) is 5.56 Å². The third-order valence-electron chi connectivity index (χ3n) is 3.55. The topological polar surface area (TPSA) is 128 Å². The summed E-state index contributed by atoms with van der Waals surface area (Å²) < 4.78 is 32.0. The highest BCUT2D eigenvalue weighted by atomic mass is 32.2. The van der Waals surface area contributed by atoms with Gasteiger partial charge in [0.05, 0.1) is 18.0 Å². The van der Waals surface area contributed by atoms with Crippen molar-refractivity contribution in [3.8, 4) is 0 Å². The van der Waals surface area contributed by atoms with Crippen LogP contribution in [0.4, 0.5) is 11.4 Å². The van der Waals surface area contributed by atoms with Gasteiger partial charge in [-0.3, -0.25) is 19.6 Å². The third kappa shape index (κ3) is 5.76. The number of methoxy groups -OCH3 is 1. The van der Waals surface area contributed by atoms with Crippen molar-refractivity contribution in [1.82, 2.24) is 5.32 Å². The molecule has 0 unspecified atom stereocenters. The minimum atomic E-state index is -4.12. The molecule has 0 spiro atoms. The average molecular weight is 393 g/mol. The number of carbonyl (C=O) groups excluding carboxylic acids is 1. The van der Waals surface area contributed by atoms with Crippen molar-refractivity contribution in [2.45, 2.75) is 11.3 Å². The van der Waals surface area contributed by atoms with Crippen LogP contribution in [-0.4, -0.2) is 39.5 Å². The Labute approximate surface area is 156 Å². The summed E-state index contributed by atoms with van der Waals surface area (Å²) >= 11 is 0. The van der Waals surface area contributed by atoms with E-state index < -0.39 is 25.5 Å². The van der Waals surface area contributed by atoms with Crippen LogP contribution in [0.25, 0.3) is 0 Å². The molecule has 1 amide bonds. The Kier molecular flexibility index (Phi) is 6.85. The summed E-state index contributed by atoms with van der Waals surface area (Å²) in [5.74, 6) is -0.180. The van der Waals surface area contributed by atoms with Crippen molar-refractivity contribution < 1.29 is 22.9 Å². The Bertz CT molecular complexity index is 913. The summed E-state index contributed by atoms with van der Waals surface area (Å²) in [6.07, 6.45) is 0.140. The molecule has 2 rings (SSSR count). The van der Waals surface area contributed by atoms with Crippen molar-refractivity contribution in [2.75, 3.05) is 25.0 Å². The van der Waals surface area contributed by atoms with Gasteiger partial charge in [-0.25, -0.2) is 8.42 Å². The maximum absolute atomic E-state index is 12.4. The van der Waals surface area contributed by atoms with Gasteiger partial charge in [0.25, 0.3) is 15.7 Å². The monoisotopic (exact) mass is 393 g/mol. The maximum Gasteiger partial charge on any atom is 0.289 e. The number of amides is 1. The normalized spacial score (nSPS) is 11.0. The van der Waals surface area contributed by atoms with Gasteiger partial charge in [-0.2, -0.15) is 0 Å². The van der Waals surface area contributed by atoms with E-state index in [1.165, 1.54) is 37.4 Å². The molecule has 0 saturated carbocycles. The van der Waals surface area contributed by atoms with Crippen LogP contribution in [0.2, 0.25) is 0 Å². The van der Waals surface area contributed by atoms with Gasteiger partial charge < -0.3 is 10.1 Å². The summed E-state index contributed by atoms with van der Waals surface area (Å²) in [4.78, 5) is 21.6. The SMILES string of the molecule is COCCNC(=O)Cc1ccc(NS(=O)(=O)c2ccccc2[N+](=O)[O-])cc1. The molecule has 0 heterocycles. The van der Waals surface area contributed by atoms with Crippen LogP contribution in [0, 0.1) is 10.1 Å². The molecule has 0 saturated heterocycles. The van der Waals surface area contributed by atoms with Crippen LogP contribution in [0.3, 0.4) is 0 Å². The van der Waals surface area contributed by atoms with Crippen molar-refractivity contribution in [3.05, 3.63) is 64.2 Å². The number of hydrogen-bond donors (Lipinski definition) is 2. The van der Waals surface area contributed by atoms with Gasteiger partial charge in [-0.1, -0.05) is 24.3 Å². The molecular formula is C17H19N3O6S. The first-order valence-corrected chi connectivity index (χ1v) is 9.42. The number of nitro groups is 1. The fourth-order valence-corrected chi connectivity index (χ4v) is 3.51. The highest BCUT2D eigenvalue weighted by Gasteiger charge is 2.25. The number of carbonyl (C=O) groups is 1. The minimum Gasteiger partial charge on any atom is -0.383 e. The second-order valence-electron chi connectivity index (χ2n) is 5.55. The predicted octanol–water partition coefficient (Wildman–Crippen LogP) is 1.70. The molecule has 2 aromatic carbocycles. The molecule has 0 bridgehead atoms. The number of anilines is 1. The van der Waals surface area contributed by atoms with Gasteiger partial charge in [0.15, 0.2) is 4.90 Å². The minimum absolute atomic E-state index is 0.140. The second kappa shape index (κ2) is 9.10. The van der Waals surface area contributed by atoms with E-state index in [0.29, 0.717) is 18.7 Å². The van der Waals surface area contributed by atoms with Crippen LogP contribution in [0.15, 0.2) is 53.4 Å². The fourth-order valence-electron chi connectivity index (χ4n) is 2.28. The fraction of sp³-hybridized carbons (Fsp3) is 0.235. The molecule has 10 heteroatoms. The lowest BCUT2D eigenvalue weighted by atomic mass is 10.1. The Morgan fingerprint density at radius 1 is 1.15 bits per heavy atom. The Balaban J connectivity index is 2.08. The Morgan fingerprint density at radius 2 is 1.81 bits per heavy atom. The predicted molar refractivity (Wildman–Crippen MR) is 98.9 cm³/mol. The van der Waals surface area contributed by atoms with E-state index in [0.717, 1.165) is 6.07 Å². The smallest absolute Gasteiger partial charge is 0.289 e. The summed E-state index contributed by atoms with van der Waals surface area (Å²) in [6.45, 7) is 0.821. The number of para-hydroxylation sites is 1. The quantitative estimate of drug-likeness (QED) is 0.379. The van der Waals surface area contributed by atoms with Crippen molar-refractivity contribution in [2.24, 2.45) is 0 Å². The number of nitrogens with one attached hydrogen (secondary N) is 2. The van der Waals surface area contributed by atoms with Gasteiger partial charge in [0.1, 0.15) is 0 Å². The van der Waals surface area contributed by atoms with E-state index in [1.807, 2.05) is 0 Å². The van der Waals surface area contributed by atoms with Gasteiger partial charge in [-0.05, 0) is 23.8 Å². The standard InChI is InChI=1S/C17H19N3O6S/c1-26-11-10-18-17(21)12-13-6-8-14(9-7-13)19-27(24,25)16-5-3-2-4-15(16)20(22)23/h2-9,19H,10-12H2,1H3,(H,18,21). The summed E-state index contributed by atoms with van der Waals surface area (Å²) in [5.41, 5.74) is 0.421. The van der Waals surface area contributed by atoms with Crippen molar-refractivity contribution in [1.29, 1.82) is 0 Å². The molecule has 2 N–H and O–H groups in total. The number of rotatable bonds is 9. The largest absolute Gasteiger partial charge is 0.383 e. The zero-order chi connectivity index (χ0) is 19.9. The maximum atomic E-state index is 12.4. The third-order valence-corrected chi connectivity index (χ3v) is 4.98. The summed E-state index contributed by atoms with van der Waals surface area (Å²) in [5, 5.41) is 13.7. The lowest BCUT2D eigenvalue weighted by Crippen LogP contribution is -2.28. The highest BCUT2D eigenvalue weighted by molar-refractivity contribution is 7.92. The van der Waals surface area contributed by atoms with E-state index in [2.05, 4.69) is 10.0 Å². The molecule has 0 aliphatic heterocycles. The number of hydrogen-bond acceptors (Lipinski definition) is 6. The van der Waals surface area contributed by atoms with Gasteiger partial charge >= 0.3 is 0 Å².